The van der Waals surface area contributed by atoms with Gasteiger partial charge in [-0.2, -0.15) is 0 Å². The molecule has 0 spiro atoms. The van der Waals surface area contributed by atoms with Gasteiger partial charge in [0.25, 0.3) is 0 Å². The van der Waals surface area contributed by atoms with Crippen molar-refractivity contribution < 1.29 is 19.1 Å². The summed E-state index contributed by atoms with van der Waals surface area (Å²) in [5.74, 6) is -1.14. The summed E-state index contributed by atoms with van der Waals surface area (Å²) in [6, 6.07) is 3.45. The van der Waals surface area contributed by atoms with Gasteiger partial charge in [-0.3, -0.25) is 24.3 Å². The Hall–Kier alpha value is -2.28. The molecule has 7 heteroatoms. The number of anilines is 1. The summed E-state index contributed by atoms with van der Waals surface area (Å²) >= 11 is 0. The SMILES string of the molecule is COCCN(C(=O)CN1C(=O)[C@@H]2CCCC[C@H]2C1=O)c1ccncc1. The number of hydrogen-bond acceptors (Lipinski definition) is 5. The summed E-state index contributed by atoms with van der Waals surface area (Å²) < 4.78 is 5.08. The first-order valence-electron chi connectivity index (χ1n) is 8.68. The summed E-state index contributed by atoms with van der Waals surface area (Å²) in [5, 5.41) is 0. The Bertz CT molecular complexity index is 625. The molecule has 3 rings (SSSR count). The van der Waals surface area contributed by atoms with Gasteiger partial charge in [0.1, 0.15) is 6.54 Å². The first-order valence-corrected chi connectivity index (χ1v) is 8.68. The van der Waals surface area contributed by atoms with Crippen LogP contribution in [0.5, 0.6) is 0 Å². The maximum absolute atomic E-state index is 12.8. The van der Waals surface area contributed by atoms with Crippen LogP contribution in [-0.2, 0) is 19.1 Å². The number of likely N-dealkylation sites (tertiary alicyclic amines) is 1. The van der Waals surface area contributed by atoms with Crippen LogP contribution in [0, 0.1) is 11.8 Å². The first-order chi connectivity index (χ1) is 12.1. The standard InChI is InChI=1S/C18H23N3O4/c1-25-11-10-20(13-6-8-19-9-7-13)16(22)12-21-17(23)14-4-2-3-5-15(14)18(21)24/h6-9,14-15H,2-5,10-12H2,1H3/t14-,15-/m1/s1. The van der Waals surface area contributed by atoms with Crippen molar-refractivity contribution in [3.63, 3.8) is 0 Å². The summed E-state index contributed by atoms with van der Waals surface area (Å²) in [4.78, 5) is 44.6. The number of carbonyl (C=O) groups excluding carboxylic acids is 3. The number of rotatable bonds is 6. The Morgan fingerprint density at radius 2 is 1.80 bits per heavy atom. The lowest BCUT2D eigenvalue weighted by atomic mass is 9.81. The van der Waals surface area contributed by atoms with E-state index in [0.29, 0.717) is 18.8 Å². The number of amides is 3. The minimum Gasteiger partial charge on any atom is -0.383 e. The van der Waals surface area contributed by atoms with Gasteiger partial charge in [-0.1, -0.05) is 12.8 Å². The van der Waals surface area contributed by atoms with E-state index in [9.17, 15) is 14.4 Å². The van der Waals surface area contributed by atoms with Crippen molar-refractivity contribution in [3.05, 3.63) is 24.5 Å². The van der Waals surface area contributed by atoms with Crippen molar-refractivity contribution >= 4 is 23.4 Å². The molecule has 0 bridgehead atoms. The minimum atomic E-state index is -0.288. The lowest BCUT2D eigenvalue weighted by Crippen LogP contribution is -2.44. The number of fused-ring (bicyclic) bond motifs is 1. The van der Waals surface area contributed by atoms with Crippen LogP contribution in [-0.4, -0.2) is 54.4 Å². The number of methoxy groups -OCH3 is 1. The van der Waals surface area contributed by atoms with E-state index in [0.717, 1.165) is 30.6 Å². The van der Waals surface area contributed by atoms with Crippen molar-refractivity contribution in [1.82, 2.24) is 9.88 Å². The van der Waals surface area contributed by atoms with Crippen LogP contribution < -0.4 is 4.90 Å². The second-order valence-electron chi connectivity index (χ2n) is 6.50. The molecule has 7 nitrogen and oxygen atoms in total. The van der Waals surface area contributed by atoms with Gasteiger partial charge < -0.3 is 9.64 Å². The zero-order valence-corrected chi connectivity index (χ0v) is 14.4. The van der Waals surface area contributed by atoms with Crippen LogP contribution in [0.15, 0.2) is 24.5 Å². The van der Waals surface area contributed by atoms with E-state index in [1.807, 2.05) is 0 Å². The lowest BCUT2D eigenvalue weighted by molar-refractivity contribution is -0.143. The molecule has 1 aliphatic heterocycles. The molecule has 0 unspecified atom stereocenters. The number of imide groups is 1. The van der Waals surface area contributed by atoms with Gasteiger partial charge in [0.2, 0.25) is 17.7 Å². The van der Waals surface area contributed by atoms with Crippen LogP contribution in [0.25, 0.3) is 0 Å². The molecule has 134 valence electrons. The van der Waals surface area contributed by atoms with Crippen molar-refractivity contribution in [3.8, 4) is 0 Å². The minimum absolute atomic E-state index is 0.190. The van der Waals surface area contributed by atoms with Crippen molar-refractivity contribution in [2.45, 2.75) is 25.7 Å². The van der Waals surface area contributed by atoms with Gasteiger partial charge in [-0.05, 0) is 25.0 Å². The fraction of sp³-hybridized carbons (Fsp3) is 0.556. The van der Waals surface area contributed by atoms with E-state index in [2.05, 4.69) is 4.98 Å². The number of hydrogen-bond donors (Lipinski definition) is 0. The van der Waals surface area contributed by atoms with Gasteiger partial charge in [-0.25, -0.2) is 0 Å². The van der Waals surface area contributed by atoms with E-state index in [4.69, 9.17) is 4.74 Å². The van der Waals surface area contributed by atoms with Crippen LogP contribution in [0.3, 0.4) is 0 Å². The third-order valence-electron chi connectivity index (χ3n) is 5.02. The summed E-state index contributed by atoms with van der Waals surface area (Å²) in [5.41, 5.74) is 0.675. The molecule has 2 heterocycles. The molecule has 2 fully saturated rings. The number of aromatic nitrogens is 1. The summed E-state index contributed by atoms with van der Waals surface area (Å²) in [6.45, 7) is 0.500. The van der Waals surface area contributed by atoms with E-state index < -0.39 is 0 Å². The Labute approximate surface area is 147 Å². The van der Waals surface area contributed by atoms with E-state index in [1.54, 1.807) is 31.6 Å². The van der Waals surface area contributed by atoms with Gasteiger partial charge in [-0.15, -0.1) is 0 Å². The lowest BCUT2D eigenvalue weighted by Gasteiger charge is -2.24. The number of carbonyl (C=O) groups is 3. The highest BCUT2D eigenvalue weighted by Crippen LogP contribution is 2.37. The van der Waals surface area contributed by atoms with Gasteiger partial charge in [0.05, 0.1) is 18.4 Å². The second kappa shape index (κ2) is 7.74. The van der Waals surface area contributed by atoms with E-state index in [1.165, 1.54) is 4.90 Å². The second-order valence-corrected chi connectivity index (χ2v) is 6.50. The van der Waals surface area contributed by atoms with Crippen LogP contribution in [0.4, 0.5) is 5.69 Å². The normalized spacial score (nSPS) is 22.8. The third kappa shape index (κ3) is 3.56. The highest BCUT2D eigenvalue weighted by Gasteiger charge is 2.48. The average molecular weight is 345 g/mol. The van der Waals surface area contributed by atoms with Crippen molar-refractivity contribution in [2.24, 2.45) is 11.8 Å². The van der Waals surface area contributed by atoms with Crippen molar-refractivity contribution in [1.29, 1.82) is 0 Å². The van der Waals surface area contributed by atoms with E-state index in [-0.39, 0.29) is 36.1 Å². The molecule has 0 radical (unpaired) electrons. The predicted molar refractivity (Wildman–Crippen MR) is 90.6 cm³/mol. The van der Waals surface area contributed by atoms with Crippen LogP contribution in [0.2, 0.25) is 0 Å². The first kappa shape index (κ1) is 17.5. The quantitative estimate of drug-likeness (QED) is 0.725. The largest absolute Gasteiger partial charge is 0.383 e. The molecule has 0 N–H and O–H groups in total. The molecular formula is C18H23N3O4. The Balaban J connectivity index is 1.74. The van der Waals surface area contributed by atoms with Gasteiger partial charge >= 0.3 is 0 Å². The van der Waals surface area contributed by atoms with Crippen LogP contribution in [0.1, 0.15) is 25.7 Å². The molecule has 0 aromatic carbocycles. The van der Waals surface area contributed by atoms with Gasteiger partial charge in [0, 0.05) is 31.7 Å². The van der Waals surface area contributed by atoms with E-state index >= 15 is 0 Å². The number of ether oxygens (including phenoxy) is 1. The molecule has 3 amide bonds. The molecular weight excluding hydrogens is 322 g/mol. The molecule has 1 saturated carbocycles. The topological polar surface area (TPSA) is 79.8 Å². The fourth-order valence-corrected chi connectivity index (χ4v) is 3.71. The molecule has 1 saturated heterocycles. The summed E-state index contributed by atoms with van der Waals surface area (Å²) in [7, 11) is 1.56. The predicted octanol–water partition coefficient (Wildman–Crippen LogP) is 1.24. The van der Waals surface area contributed by atoms with Crippen molar-refractivity contribution in [2.75, 3.05) is 31.7 Å². The zero-order valence-electron chi connectivity index (χ0n) is 14.4. The molecule has 25 heavy (non-hydrogen) atoms. The number of pyridine rings is 1. The molecule has 2 aliphatic rings. The molecule has 1 aliphatic carbocycles. The smallest absolute Gasteiger partial charge is 0.247 e. The Morgan fingerprint density at radius 1 is 1.20 bits per heavy atom. The van der Waals surface area contributed by atoms with Gasteiger partial charge in [0.15, 0.2) is 0 Å². The maximum atomic E-state index is 12.8. The Morgan fingerprint density at radius 3 is 2.36 bits per heavy atom. The zero-order chi connectivity index (χ0) is 17.8. The summed E-state index contributed by atoms with van der Waals surface area (Å²) in [6.07, 6.45) is 6.64. The monoisotopic (exact) mass is 345 g/mol. The number of nitrogens with zero attached hydrogens (tertiary/aromatic N) is 3. The third-order valence-corrected chi connectivity index (χ3v) is 5.02. The molecule has 1 aromatic heterocycles. The fourth-order valence-electron chi connectivity index (χ4n) is 3.71. The molecule has 1 aromatic rings. The Kier molecular flexibility index (Phi) is 5.43. The van der Waals surface area contributed by atoms with Crippen LogP contribution >= 0.6 is 0 Å². The molecule has 2 atom stereocenters. The highest BCUT2D eigenvalue weighted by atomic mass is 16.5. The average Bonchev–Trinajstić information content (AvgIpc) is 2.88. The highest BCUT2D eigenvalue weighted by molar-refractivity contribution is 6.09. The maximum Gasteiger partial charge on any atom is 0.247 e.